The first-order chi connectivity index (χ1) is 13.0. The minimum Gasteiger partial charge on any atom is -0.493 e. The molecule has 0 spiro atoms. The smallest absolute Gasteiger partial charge is 0.203 e. The predicted molar refractivity (Wildman–Crippen MR) is 125 cm³/mol. The van der Waals surface area contributed by atoms with Crippen LogP contribution in [-0.2, 0) is 6.54 Å². The highest BCUT2D eigenvalue weighted by Crippen LogP contribution is 2.38. The Morgan fingerprint density at radius 1 is 1.14 bits per heavy atom. The summed E-state index contributed by atoms with van der Waals surface area (Å²) in [6.07, 6.45) is 2.63. The maximum absolute atomic E-state index is 5.42. The summed E-state index contributed by atoms with van der Waals surface area (Å²) in [6.45, 7) is 6.49. The van der Waals surface area contributed by atoms with Gasteiger partial charge in [0.1, 0.15) is 0 Å². The molecular weight excluding hydrogens is 471 g/mol. The summed E-state index contributed by atoms with van der Waals surface area (Å²) in [5, 5.41) is 6.75. The lowest BCUT2D eigenvalue weighted by Gasteiger charge is -2.25. The van der Waals surface area contributed by atoms with Gasteiger partial charge in [-0.05, 0) is 51.4 Å². The Kier molecular flexibility index (Phi) is 10.7. The van der Waals surface area contributed by atoms with Crippen LogP contribution in [0.2, 0.25) is 0 Å². The van der Waals surface area contributed by atoms with Crippen molar-refractivity contribution in [2.75, 3.05) is 41.5 Å². The lowest BCUT2D eigenvalue weighted by atomic mass is 10.2. The van der Waals surface area contributed by atoms with Crippen molar-refractivity contribution in [3.8, 4) is 17.2 Å². The van der Waals surface area contributed by atoms with E-state index in [-0.39, 0.29) is 24.0 Å². The van der Waals surface area contributed by atoms with E-state index in [4.69, 9.17) is 19.2 Å². The van der Waals surface area contributed by atoms with Gasteiger partial charge in [-0.15, -0.1) is 24.0 Å². The van der Waals surface area contributed by atoms with Crippen molar-refractivity contribution in [1.82, 2.24) is 15.5 Å². The number of likely N-dealkylation sites (N-methyl/N-ethyl adjacent to an activating group) is 1. The number of hydrogen-bond acceptors (Lipinski definition) is 5. The number of methoxy groups -OCH3 is 3. The van der Waals surface area contributed by atoms with Crippen molar-refractivity contribution in [1.29, 1.82) is 0 Å². The quantitative estimate of drug-likeness (QED) is 0.289. The molecule has 1 aliphatic rings. The maximum Gasteiger partial charge on any atom is 0.203 e. The van der Waals surface area contributed by atoms with Gasteiger partial charge in [-0.2, -0.15) is 0 Å². The van der Waals surface area contributed by atoms with E-state index in [9.17, 15) is 0 Å². The SMILES string of the molecule is CCNC(=NCc1cc(OC)c(OC)c(OC)c1)NCC(C)N(C)C1CC1.I. The molecule has 0 radical (unpaired) electrons. The number of ether oxygens (including phenoxy) is 3. The van der Waals surface area contributed by atoms with Gasteiger partial charge in [0, 0.05) is 25.2 Å². The molecule has 0 aliphatic heterocycles. The summed E-state index contributed by atoms with van der Waals surface area (Å²) in [7, 11) is 7.04. The molecule has 1 saturated carbocycles. The van der Waals surface area contributed by atoms with Crippen LogP contribution >= 0.6 is 24.0 Å². The third kappa shape index (κ3) is 6.88. The fourth-order valence-electron chi connectivity index (χ4n) is 2.97. The Labute approximate surface area is 186 Å². The second-order valence-corrected chi connectivity index (χ2v) is 6.86. The van der Waals surface area contributed by atoms with Gasteiger partial charge < -0.3 is 24.8 Å². The standard InChI is InChI=1S/C20H34N4O3.HI/c1-7-21-20(22-12-14(2)24(3)16-8-9-16)23-13-15-10-17(25-4)19(27-6)18(11-15)26-5;/h10-11,14,16H,7-9,12-13H2,1-6H3,(H2,21,22,23);1H. The van der Waals surface area contributed by atoms with Gasteiger partial charge in [-0.1, -0.05) is 0 Å². The van der Waals surface area contributed by atoms with Gasteiger partial charge in [0.15, 0.2) is 17.5 Å². The molecule has 1 aromatic carbocycles. The third-order valence-corrected chi connectivity index (χ3v) is 4.87. The summed E-state index contributed by atoms with van der Waals surface area (Å²) in [4.78, 5) is 7.15. The maximum atomic E-state index is 5.42. The molecule has 8 heteroatoms. The fourth-order valence-corrected chi connectivity index (χ4v) is 2.97. The molecule has 0 bridgehead atoms. The highest BCUT2D eigenvalue weighted by atomic mass is 127. The monoisotopic (exact) mass is 506 g/mol. The number of hydrogen-bond donors (Lipinski definition) is 2. The van der Waals surface area contributed by atoms with Gasteiger partial charge in [0.25, 0.3) is 0 Å². The van der Waals surface area contributed by atoms with E-state index in [1.165, 1.54) is 12.8 Å². The molecule has 2 rings (SSSR count). The molecule has 2 N–H and O–H groups in total. The van der Waals surface area contributed by atoms with Crippen molar-refractivity contribution in [2.24, 2.45) is 4.99 Å². The second-order valence-electron chi connectivity index (χ2n) is 6.86. The molecule has 0 heterocycles. The molecule has 1 unspecified atom stereocenters. The Morgan fingerprint density at radius 3 is 2.21 bits per heavy atom. The molecule has 0 amide bonds. The highest BCUT2D eigenvalue weighted by Gasteiger charge is 2.28. The zero-order chi connectivity index (χ0) is 19.8. The minimum atomic E-state index is 0. The van der Waals surface area contributed by atoms with Gasteiger partial charge in [0.05, 0.1) is 27.9 Å². The lowest BCUT2D eigenvalue weighted by Crippen LogP contribution is -2.45. The van der Waals surface area contributed by atoms with Crippen molar-refractivity contribution in [3.63, 3.8) is 0 Å². The number of rotatable bonds is 10. The first kappa shape index (κ1) is 24.6. The molecule has 0 saturated heterocycles. The summed E-state index contributed by atoms with van der Waals surface area (Å²) in [5.41, 5.74) is 0.991. The number of nitrogens with zero attached hydrogens (tertiary/aromatic N) is 2. The Morgan fingerprint density at radius 2 is 1.75 bits per heavy atom. The molecule has 7 nitrogen and oxygen atoms in total. The zero-order valence-electron chi connectivity index (χ0n) is 17.9. The summed E-state index contributed by atoms with van der Waals surface area (Å²) in [5.74, 6) is 2.68. The number of guanidine groups is 1. The lowest BCUT2D eigenvalue weighted by molar-refractivity contribution is 0.247. The number of halogens is 1. The van der Waals surface area contributed by atoms with Crippen LogP contribution in [0.25, 0.3) is 0 Å². The number of aliphatic imine (C=N–C) groups is 1. The molecular formula is C20H35IN4O3. The third-order valence-electron chi connectivity index (χ3n) is 4.87. The van der Waals surface area contributed by atoms with Crippen molar-refractivity contribution in [3.05, 3.63) is 17.7 Å². The van der Waals surface area contributed by atoms with Gasteiger partial charge in [-0.3, -0.25) is 4.90 Å². The topological polar surface area (TPSA) is 67.4 Å². The van der Waals surface area contributed by atoms with Crippen LogP contribution in [0, 0.1) is 0 Å². The van der Waals surface area contributed by atoms with E-state index in [0.717, 1.165) is 30.7 Å². The van der Waals surface area contributed by atoms with Crippen LogP contribution in [0.5, 0.6) is 17.2 Å². The van der Waals surface area contributed by atoms with E-state index in [0.29, 0.717) is 29.8 Å². The van der Waals surface area contributed by atoms with Crippen molar-refractivity contribution in [2.45, 2.75) is 45.3 Å². The molecule has 0 aromatic heterocycles. The van der Waals surface area contributed by atoms with Crippen LogP contribution < -0.4 is 24.8 Å². The zero-order valence-corrected chi connectivity index (χ0v) is 20.2. The van der Waals surface area contributed by atoms with Gasteiger partial charge in [-0.25, -0.2) is 4.99 Å². The van der Waals surface area contributed by atoms with E-state index >= 15 is 0 Å². The highest BCUT2D eigenvalue weighted by molar-refractivity contribution is 14.0. The van der Waals surface area contributed by atoms with E-state index in [1.54, 1.807) is 21.3 Å². The first-order valence-electron chi connectivity index (χ1n) is 9.57. The predicted octanol–water partition coefficient (Wildman–Crippen LogP) is 2.87. The normalized spacial score (nSPS) is 14.9. The van der Waals surface area contributed by atoms with Crippen molar-refractivity contribution >= 4 is 29.9 Å². The minimum absolute atomic E-state index is 0. The van der Waals surface area contributed by atoms with Crippen LogP contribution in [0.4, 0.5) is 0 Å². The largest absolute Gasteiger partial charge is 0.493 e. The van der Waals surface area contributed by atoms with E-state index in [1.807, 2.05) is 12.1 Å². The first-order valence-corrected chi connectivity index (χ1v) is 9.57. The Bertz CT molecular complexity index is 613. The molecule has 1 aromatic rings. The van der Waals surface area contributed by atoms with Crippen LogP contribution in [-0.4, -0.2) is 64.4 Å². The summed E-state index contributed by atoms with van der Waals surface area (Å²) >= 11 is 0. The molecule has 1 fully saturated rings. The van der Waals surface area contributed by atoms with Gasteiger partial charge >= 0.3 is 0 Å². The Balaban J connectivity index is 0.00000392. The van der Waals surface area contributed by atoms with Crippen LogP contribution in [0.3, 0.4) is 0 Å². The van der Waals surface area contributed by atoms with Crippen LogP contribution in [0.15, 0.2) is 17.1 Å². The van der Waals surface area contributed by atoms with E-state index in [2.05, 4.69) is 36.4 Å². The average molecular weight is 506 g/mol. The average Bonchev–Trinajstić information content (AvgIpc) is 3.53. The molecule has 1 aliphatic carbocycles. The molecule has 1 atom stereocenters. The number of benzene rings is 1. The second kappa shape index (κ2) is 12.2. The van der Waals surface area contributed by atoms with Crippen molar-refractivity contribution < 1.29 is 14.2 Å². The Hall–Kier alpha value is -1.42. The molecule has 28 heavy (non-hydrogen) atoms. The summed E-state index contributed by atoms with van der Waals surface area (Å²) in [6, 6.07) is 5.07. The summed E-state index contributed by atoms with van der Waals surface area (Å²) < 4.78 is 16.2. The fraction of sp³-hybridized carbons (Fsp3) is 0.650. The van der Waals surface area contributed by atoms with Crippen LogP contribution in [0.1, 0.15) is 32.3 Å². The number of nitrogens with one attached hydrogen (secondary N) is 2. The van der Waals surface area contributed by atoms with E-state index < -0.39 is 0 Å². The molecule has 160 valence electrons. The van der Waals surface area contributed by atoms with Gasteiger partial charge in [0.2, 0.25) is 5.75 Å².